The van der Waals surface area contributed by atoms with Crippen LogP contribution in [0, 0.1) is 0 Å². The summed E-state index contributed by atoms with van der Waals surface area (Å²) in [6.45, 7) is 5.16. The van der Waals surface area contributed by atoms with E-state index >= 15 is 0 Å². The summed E-state index contributed by atoms with van der Waals surface area (Å²) in [4.78, 5) is 24.7. The fraction of sp³-hybridized carbons (Fsp3) is 0.385. The molecule has 0 aromatic heterocycles. The van der Waals surface area contributed by atoms with Crippen molar-refractivity contribution in [3.05, 3.63) is 28.2 Å². The molecule has 0 radical (unpaired) electrons. The lowest BCUT2D eigenvalue weighted by Crippen LogP contribution is -2.62. The minimum Gasteiger partial charge on any atom is -0.355 e. The first kappa shape index (κ1) is 13.1. The Morgan fingerprint density at radius 2 is 2.17 bits per heavy atom. The van der Waals surface area contributed by atoms with Gasteiger partial charge in [-0.1, -0.05) is 0 Å². The van der Waals surface area contributed by atoms with Gasteiger partial charge in [0.25, 0.3) is 0 Å². The topological polar surface area (TPSA) is 49.4 Å². The molecule has 18 heavy (non-hydrogen) atoms. The van der Waals surface area contributed by atoms with Crippen molar-refractivity contribution in [2.45, 2.75) is 19.4 Å². The average molecular weight is 311 g/mol. The van der Waals surface area contributed by atoms with Crippen molar-refractivity contribution in [1.82, 2.24) is 5.32 Å². The molecule has 0 atom stereocenters. The Bertz CT molecular complexity index is 500. The number of hydrogen-bond donors (Lipinski definition) is 1. The third kappa shape index (κ3) is 2.14. The van der Waals surface area contributed by atoms with E-state index in [1.54, 1.807) is 12.1 Å². The number of amides is 1. The van der Waals surface area contributed by atoms with E-state index in [2.05, 4.69) is 21.2 Å². The smallest absolute Gasteiger partial charge is 0.245 e. The van der Waals surface area contributed by atoms with Crippen molar-refractivity contribution in [1.29, 1.82) is 0 Å². The lowest BCUT2D eigenvalue weighted by molar-refractivity contribution is -0.126. The molecule has 1 aliphatic rings. The standard InChI is InChI=1S/C13H15BrN2O2/c1-13(2)12(18)15-5-6-16(13)11-4-3-9(8-17)7-10(11)14/h3-4,7-8H,5-6H2,1-2H3,(H,15,18). The number of piperazine rings is 1. The van der Waals surface area contributed by atoms with Crippen molar-refractivity contribution in [3.8, 4) is 0 Å². The van der Waals surface area contributed by atoms with Gasteiger partial charge in [-0.25, -0.2) is 0 Å². The van der Waals surface area contributed by atoms with Crippen molar-refractivity contribution < 1.29 is 9.59 Å². The molecule has 0 saturated carbocycles. The summed E-state index contributed by atoms with van der Waals surface area (Å²) in [6, 6.07) is 5.40. The fourth-order valence-electron chi connectivity index (χ4n) is 2.14. The lowest BCUT2D eigenvalue weighted by atomic mass is 9.97. The summed E-state index contributed by atoms with van der Waals surface area (Å²) in [6.07, 6.45) is 0.808. The quantitative estimate of drug-likeness (QED) is 0.850. The molecule has 4 nitrogen and oxygen atoms in total. The van der Waals surface area contributed by atoms with Crippen molar-refractivity contribution >= 4 is 33.8 Å². The van der Waals surface area contributed by atoms with E-state index < -0.39 is 5.54 Å². The van der Waals surface area contributed by atoms with Crippen LogP contribution in [0.25, 0.3) is 0 Å². The zero-order valence-corrected chi connectivity index (χ0v) is 12.0. The van der Waals surface area contributed by atoms with Crippen LogP contribution in [-0.2, 0) is 4.79 Å². The third-order valence-corrected chi connectivity index (χ3v) is 3.89. The molecule has 1 aromatic rings. The summed E-state index contributed by atoms with van der Waals surface area (Å²) in [5.41, 5.74) is 0.953. The molecule has 2 rings (SSSR count). The lowest BCUT2D eigenvalue weighted by Gasteiger charge is -2.43. The number of rotatable bonds is 2. The SMILES string of the molecule is CC1(C)C(=O)NCCN1c1ccc(C=O)cc1Br. The Morgan fingerprint density at radius 1 is 1.44 bits per heavy atom. The summed E-state index contributed by atoms with van der Waals surface area (Å²) in [5.74, 6) is 0.0140. The highest BCUT2D eigenvalue weighted by Gasteiger charge is 2.38. The number of nitrogens with zero attached hydrogens (tertiary/aromatic N) is 1. The molecule has 1 N–H and O–H groups in total. The minimum atomic E-state index is -0.594. The molecule has 0 bridgehead atoms. The number of halogens is 1. The zero-order chi connectivity index (χ0) is 13.3. The fourth-order valence-corrected chi connectivity index (χ4v) is 2.75. The monoisotopic (exact) mass is 310 g/mol. The van der Waals surface area contributed by atoms with Crippen molar-refractivity contribution in [2.24, 2.45) is 0 Å². The Morgan fingerprint density at radius 3 is 2.78 bits per heavy atom. The maximum atomic E-state index is 11.9. The summed E-state index contributed by atoms with van der Waals surface area (Å²) < 4.78 is 0.829. The molecular formula is C13H15BrN2O2. The van der Waals surface area contributed by atoms with E-state index in [0.29, 0.717) is 12.1 Å². The summed E-state index contributed by atoms with van der Waals surface area (Å²) >= 11 is 3.46. The van der Waals surface area contributed by atoms with Crippen molar-refractivity contribution in [2.75, 3.05) is 18.0 Å². The first-order valence-corrected chi connectivity index (χ1v) is 6.57. The molecule has 5 heteroatoms. The number of aldehydes is 1. The second-order valence-electron chi connectivity index (χ2n) is 4.80. The van der Waals surface area contributed by atoms with Gasteiger partial charge in [0.1, 0.15) is 11.8 Å². The second kappa shape index (κ2) is 4.72. The number of anilines is 1. The third-order valence-electron chi connectivity index (χ3n) is 3.25. The van der Waals surface area contributed by atoms with Crippen LogP contribution in [0.3, 0.4) is 0 Å². The predicted octanol–water partition coefficient (Wildman–Crippen LogP) is 1.98. The highest BCUT2D eigenvalue weighted by atomic mass is 79.9. The van der Waals surface area contributed by atoms with E-state index in [4.69, 9.17) is 0 Å². The van der Waals surface area contributed by atoms with E-state index in [-0.39, 0.29) is 5.91 Å². The van der Waals surface area contributed by atoms with Crippen LogP contribution in [0.15, 0.2) is 22.7 Å². The van der Waals surface area contributed by atoms with Crippen LogP contribution < -0.4 is 10.2 Å². The van der Waals surface area contributed by atoms with E-state index in [0.717, 1.165) is 23.0 Å². The van der Waals surface area contributed by atoms with Gasteiger partial charge in [-0.15, -0.1) is 0 Å². The van der Waals surface area contributed by atoms with Gasteiger partial charge in [0.15, 0.2) is 0 Å². The Hall–Kier alpha value is -1.36. The van der Waals surface area contributed by atoms with E-state index in [1.165, 1.54) is 0 Å². The van der Waals surface area contributed by atoms with E-state index in [1.807, 2.05) is 24.8 Å². The van der Waals surface area contributed by atoms with Gasteiger partial charge in [0.05, 0.1) is 5.69 Å². The average Bonchev–Trinajstić information content (AvgIpc) is 2.33. The number of benzene rings is 1. The largest absolute Gasteiger partial charge is 0.355 e. The molecule has 96 valence electrons. The van der Waals surface area contributed by atoms with Gasteiger partial charge in [-0.05, 0) is 48.0 Å². The van der Waals surface area contributed by atoms with Crippen LogP contribution in [0.5, 0.6) is 0 Å². The maximum absolute atomic E-state index is 11.9. The molecular weight excluding hydrogens is 296 g/mol. The highest BCUT2D eigenvalue weighted by Crippen LogP contribution is 2.33. The number of carbonyl (C=O) groups excluding carboxylic acids is 2. The van der Waals surface area contributed by atoms with Crippen LogP contribution in [0.2, 0.25) is 0 Å². The first-order valence-electron chi connectivity index (χ1n) is 5.77. The van der Waals surface area contributed by atoms with Gasteiger partial charge in [-0.2, -0.15) is 0 Å². The molecule has 0 spiro atoms. The van der Waals surface area contributed by atoms with Gasteiger partial charge in [-0.3, -0.25) is 9.59 Å². The van der Waals surface area contributed by atoms with Crippen LogP contribution in [0.1, 0.15) is 24.2 Å². The predicted molar refractivity (Wildman–Crippen MR) is 74.0 cm³/mol. The minimum absolute atomic E-state index is 0.0140. The second-order valence-corrected chi connectivity index (χ2v) is 5.65. The normalized spacial score (nSPS) is 18.4. The van der Waals surface area contributed by atoms with Gasteiger partial charge in [0, 0.05) is 23.1 Å². The van der Waals surface area contributed by atoms with Crippen LogP contribution >= 0.6 is 15.9 Å². The number of carbonyl (C=O) groups is 2. The summed E-state index contributed by atoms with van der Waals surface area (Å²) in [5, 5.41) is 2.86. The number of hydrogen-bond acceptors (Lipinski definition) is 3. The molecule has 1 aromatic carbocycles. The molecule has 1 aliphatic heterocycles. The number of nitrogens with one attached hydrogen (secondary N) is 1. The van der Waals surface area contributed by atoms with E-state index in [9.17, 15) is 9.59 Å². The molecule has 1 saturated heterocycles. The molecule has 1 heterocycles. The maximum Gasteiger partial charge on any atom is 0.245 e. The Kier molecular flexibility index (Phi) is 3.43. The van der Waals surface area contributed by atoms with Gasteiger partial charge < -0.3 is 10.2 Å². The first-order chi connectivity index (χ1) is 8.46. The highest BCUT2D eigenvalue weighted by molar-refractivity contribution is 9.10. The van der Waals surface area contributed by atoms with Gasteiger partial charge >= 0.3 is 0 Å². The Labute approximate surface area is 114 Å². The molecule has 0 aliphatic carbocycles. The molecule has 0 unspecified atom stereocenters. The summed E-state index contributed by atoms with van der Waals surface area (Å²) in [7, 11) is 0. The van der Waals surface area contributed by atoms with Crippen LogP contribution in [0.4, 0.5) is 5.69 Å². The molecule has 1 fully saturated rings. The molecule has 1 amide bonds. The zero-order valence-electron chi connectivity index (χ0n) is 10.4. The van der Waals surface area contributed by atoms with Gasteiger partial charge in [0.2, 0.25) is 5.91 Å². The van der Waals surface area contributed by atoms with Crippen LogP contribution in [-0.4, -0.2) is 30.8 Å². The Balaban J connectivity index is 2.41. The van der Waals surface area contributed by atoms with Crippen molar-refractivity contribution in [3.63, 3.8) is 0 Å².